The smallest absolute Gasteiger partial charge is 0.281 e. The Bertz CT molecular complexity index is 122. The molecule has 4 nitrogen and oxygen atoms in total. The SMILES string of the molecule is N[C@@H]1CN(BC=O)C[C@H]1N. The quantitative estimate of drug-likeness (QED) is 0.329. The highest BCUT2D eigenvalue weighted by atomic mass is 16.1. The zero-order chi connectivity index (χ0) is 7.56. The second-order valence-electron chi connectivity index (χ2n) is 2.71. The average molecular weight is 141 g/mol. The fourth-order valence-electron chi connectivity index (χ4n) is 1.20. The van der Waals surface area contributed by atoms with Gasteiger partial charge in [0.2, 0.25) is 0 Å². The van der Waals surface area contributed by atoms with Crippen LogP contribution in [0.3, 0.4) is 0 Å². The minimum atomic E-state index is 0.0416. The summed E-state index contributed by atoms with van der Waals surface area (Å²) < 4.78 is 0. The van der Waals surface area contributed by atoms with E-state index < -0.39 is 0 Å². The van der Waals surface area contributed by atoms with Crippen LogP contribution < -0.4 is 11.5 Å². The maximum Gasteiger partial charge on any atom is 0.281 e. The molecule has 0 aromatic carbocycles. The number of hydrogen-bond acceptors (Lipinski definition) is 4. The van der Waals surface area contributed by atoms with E-state index in [0.717, 1.165) is 19.3 Å². The molecular weight excluding hydrogens is 129 g/mol. The van der Waals surface area contributed by atoms with E-state index in [4.69, 9.17) is 11.5 Å². The van der Waals surface area contributed by atoms with Gasteiger partial charge in [-0.25, -0.2) is 0 Å². The predicted molar refractivity (Wildman–Crippen MR) is 41.4 cm³/mol. The van der Waals surface area contributed by atoms with Crippen molar-refractivity contribution in [2.24, 2.45) is 11.5 Å². The lowest BCUT2D eigenvalue weighted by Crippen LogP contribution is -2.39. The second kappa shape index (κ2) is 3.14. The Morgan fingerprint density at radius 1 is 1.40 bits per heavy atom. The Morgan fingerprint density at radius 2 is 1.90 bits per heavy atom. The molecule has 56 valence electrons. The summed E-state index contributed by atoms with van der Waals surface area (Å²) >= 11 is 0. The van der Waals surface area contributed by atoms with Crippen molar-refractivity contribution in [3.63, 3.8) is 0 Å². The van der Waals surface area contributed by atoms with E-state index in [1.54, 1.807) is 0 Å². The fraction of sp³-hybridized carbons (Fsp3) is 0.800. The van der Waals surface area contributed by atoms with Crippen LogP contribution in [0, 0.1) is 0 Å². The lowest BCUT2D eigenvalue weighted by atomic mass is 9.96. The molecule has 2 atom stereocenters. The third kappa shape index (κ3) is 1.56. The molecule has 0 aromatic rings. The topological polar surface area (TPSA) is 72.3 Å². The molecule has 0 bridgehead atoms. The number of hydrogen-bond donors (Lipinski definition) is 2. The molecule has 1 fully saturated rings. The summed E-state index contributed by atoms with van der Waals surface area (Å²) in [7, 11) is 0.460. The minimum absolute atomic E-state index is 0.0416. The van der Waals surface area contributed by atoms with Crippen molar-refractivity contribution in [3.8, 4) is 0 Å². The van der Waals surface area contributed by atoms with Gasteiger partial charge in [-0.05, 0) is 0 Å². The first kappa shape index (κ1) is 7.72. The summed E-state index contributed by atoms with van der Waals surface area (Å²) in [5.74, 6) is 0. The van der Waals surface area contributed by atoms with Gasteiger partial charge in [0.05, 0.1) is 6.19 Å². The van der Waals surface area contributed by atoms with Crippen LogP contribution in [0.2, 0.25) is 0 Å². The molecule has 10 heavy (non-hydrogen) atoms. The first-order chi connectivity index (χ1) is 4.74. The van der Waals surface area contributed by atoms with E-state index in [-0.39, 0.29) is 12.1 Å². The van der Waals surface area contributed by atoms with Gasteiger partial charge in [-0.15, -0.1) is 0 Å². The number of carbonyl (C=O) groups is 1. The standard InChI is InChI=1S/C5H12BN3O/c7-4-1-9(6-3-10)2-5(4)8/h3-6H,1-2,7-8H2/t4-,5-/m1/s1. The number of nitrogens with two attached hydrogens (primary N) is 2. The van der Waals surface area contributed by atoms with Crippen LogP contribution in [0.15, 0.2) is 0 Å². The van der Waals surface area contributed by atoms with Crippen LogP contribution in [-0.2, 0) is 4.79 Å². The van der Waals surface area contributed by atoms with Crippen LogP contribution in [0.1, 0.15) is 0 Å². The number of rotatable bonds is 2. The zero-order valence-corrected chi connectivity index (χ0v) is 5.86. The van der Waals surface area contributed by atoms with E-state index >= 15 is 0 Å². The normalized spacial score (nSPS) is 34.2. The third-order valence-corrected chi connectivity index (χ3v) is 1.82. The van der Waals surface area contributed by atoms with Crippen LogP contribution in [0.25, 0.3) is 0 Å². The highest BCUT2D eigenvalue weighted by molar-refractivity contribution is 6.64. The molecule has 0 amide bonds. The Balaban J connectivity index is 2.33. The van der Waals surface area contributed by atoms with Gasteiger partial charge in [0, 0.05) is 25.2 Å². The monoisotopic (exact) mass is 141 g/mol. The van der Waals surface area contributed by atoms with Crippen molar-refractivity contribution in [1.82, 2.24) is 4.81 Å². The van der Waals surface area contributed by atoms with Crippen LogP contribution in [-0.4, -0.2) is 43.6 Å². The van der Waals surface area contributed by atoms with Crippen molar-refractivity contribution >= 4 is 13.6 Å². The first-order valence-electron chi connectivity index (χ1n) is 3.41. The molecule has 1 aliphatic rings. The Kier molecular flexibility index (Phi) is 2.42. The van der Waals surface area contributed by atoms with E-state index in [1.807, 2.05) is 4.81 Å². The van der Waals surface area contributed by atoms with Gasteiger partial charge in [-0.3, -0.25) is 0 Å². The van der Waals surface area contributed by atoms with Gasteiger partial charge in [0.1, 0.15) is 0 Å². The van der Waals surface area contributed by atoms with Gasteiger partial charge in [-0.2, -0.15) is 0 Å². The largest absolute Gasteiger partial charge is 0.336 e. The first-order valence-corrected chi connectivity index (χ1v) is 3.41. The molecule has 0 spiro atoms. The molecule has 1 aliphatic heterocycles. The zero-order valence-electron chi connectivity index (χ0n) is 5.86. The molecule has 0 aliphatic carbocycles. The van der Waals surface area contributed by atoms with E-state index in [9.17, 15) is 4.79 Å². The van der Waals surface area contributed by atoms with Crippen molar-refractivity contribution < 1.29 is 4.79 Å². The summed E-state index contributed by atoms with van der Waals surface area (Å²) in [6, 6.07) is 0.0832. The van der Waals surface area contributed by atoms with Gasteiger partial charge in [-0.1, -0.05) is 0 Å². The van der Waals surface area contributed by atoms with Crippen LogP contribution >= 0.6 is 0 Å². The summed E-state index contributed by atoms with van der Waals surface area (Å²) in [6.07, 6.45) is 0.880. The second-order valence-corrected chi connectivity index (χ2v) is 2.71. The highest BCUT2D eigenvalue weighted by Crippen LogP contribution is 2.02. The van der Waals surface area contributed by atoms with Crippen LogP contribution in [0.4, 0.5) is 0 Å². The molecular formula is C5H12BN3O. The summed E-state index contributed by atoms with van der Waals surface area (Å²) in [6.45, 7) is 1.50. The molecule has 0 saturated carbocycles. The highest BCUT2D eigenvalue weighted by Gasteiger charge is 2.26. The Morgan fingerprint density at radius 3 is 2.30 bits per heavy atom. The maximum atomic E-state index is 10.1. The minimum Gasteiger partial charge on any atom is -0.336 e. The molecule has 5 heteroatoms. The molecule has 1 rings (SSSR count). The van der Waals surface area contributed by atoms with E-state index in [2.05, 4.69) is 0 Å². The lowest BCUT2D eigenvalue weighted by molar-refractivity contribution is 0.530. The van der Waals surface area contributed by atoms with E-state index in [1.165, 1.54) is 0 Å². The molecule has 0 unspecified atom stereocenters. The average Bonchev–Trinajstić information content (AvgIpc) is 2.14. The fourth-order valence-corrected chi connectivity index (χ4v) is 1.20. The Hall–Kier alpha value is -0.385. The van der Waals surface area contributed by atoms with Crippen molar-refractivity contribution in [3.05, 3.63) is 0 Å². The van der Waals surface area contributed by atoms with Crippen LogP contribution in [0.5, 0.6) is 0 Å². The molecule has 0 radical (unpaired) electrons. The molecule has 1 saturated heterocycles. The van der Waals surface area contributed by atoms with Gasteiger partial charge in [0.15, 0.2) is 0 Å². The van der Waals surface area contributed by atoms with Crippen molar-refractivity contribution in [2.75, 3.05) is 13.1 Å². The van der Waals surface area contributed by atoms with Gasteiger partial charge in [0.25, 0.3) is 7.41 Å². The summed E-state index contributed by atoms with van der Waals surface area (Å²) in [5.41, 5.74) is 11.2. The Labute approximate surface area is 60.8 Å². The molecule has 4 N–H and O–H groups in total. The molecule has 0 aromatic heterocycles. The van der Waals surface area contributed by atoms with E-state index in [0.29, 0.717) is 7.41 Å². The van der Waals surface area contributed by atoms with Gasteiger partial charge < -0.3 is 21.1 Å². The number of nitrogens with zero attached hydrogens (tertiary/aromatic N) is 1. The van der Waals surface area contributed by atoms with Gasteiger partial charge >= 0.3 is 0 Å². The van der Waals surface area contributed by atoms with Crippen molar-refractivity contribution in [1.29, 1.82) is 0 Å². The maximum absolute atomic E-state index is 10.1. The predicted octanol–water partition coefficient (Wildman–Crippen LogP) is -2.50. The summed E-state index contributed by atoms with van der Waals surface area (Å²) in [4.78, 5) is 12.0. The number of carbonyl (C=O) groups excluding carboxylic acids is 1. The molecule has 1 heterocycles. The summed E-state index contributed by atoms with van der Waals surface area (Å²) in [5, 5.41) is 0. The lowest BCUT2D eigenvalue weighted by Gasteiger charge is -2.07. The van der Waals surface area contributed by atoms with Crippen molar-refractivity contribution in [2.45, 2.75) is 12.1 Å². The third-order valence-electron chi connectivity index (χ3n) is 1.82.